The Morgan fingerprint density at radius 1 is 1.17 bits per heavy atom. The molecule has 1 aromatic heterocycles. The number of aryl methyl sites for hydroxylation is 1. The molecule has 7 heteroatoms. The first kappa shape index (κ1) is 20.4. The summed E-state index contributed by atoms with van der Waals surface area (Å²) >= 11 is 0. The molecule has 0 bridgehead atoms. The molecule has 0 aliphatic carbocycles. The molecule has 0 spiro atoms. The number of carbonyl (C=O) groups is 1. The van der Waals surface area contributed by atoms with Crippen molar-refractivity contribution < 1.29 is 18.8 Å². The van der Waals surface area contributed by atoms with E-state index >= 15 is 0 Å². The van der Waals surface area contributed by atoms with Crippen LogP contribution in [-0.2, 0) is 11.3 Å². The van der Waals surface area contributed by atoms with Gasteiger partial charge in [-0.05, 0) is 55.3 Å². The van der Waals surface area contributed by atoms with Gasteiger partial charge in [0.05, 0.1) is 13.7 Å². The summed E-state index contributed by atoms with van der Waals surface area (Å²) in [5, 5.41) is 4.00. The highest BCUT2D eigenvalue weighted by Gasteiger charge is 2.24. The van der Waals surface area contributed by atoms with Crippen molar-refractivity contribution in [1.29, 1.82) is 0 Å². The summed E-state index contributed by atoms with van der Waals surface area (Å²) in [6, 6.07) is 15.0. The van der Waals surface area contributed by atoms with Gasteiger partial charge in [-0.3, -0.25) is 4.79 Å². The Balaban J connectivity index is 1.64. The molecule has 0 fully saturated rings. The number of likely N-dealkylation sites (N-methyl/N-ethyl adjacent to an activating group) is 1. The molecule has 0 N–H and O–H groups in total. The molecule has 7 nitrogen and oxygen atoms in total. The zero-order chi connectivity index (χ0) is 20.8. The van der Waals surface area contributed by atoms with Crippen molar-refractivity contribution in [2.24, 2.45) is 0 Å². The minimum atomic E-state index is -0.578. The van der Waals surface area contributed by atoms with Crippen LogP contribution in [-0.4, -0.2) is 41.2 Å². The maximum Gasteiger partial charge on any atom is 0.263 e. The number of hydrogen-bond donors (Lipinski definition) is 0. The molecule has 3 rings (SSSR count). The fourth-order valence-corrected chi connectivity index (χ4v) is 2.86. The summed E-state index contributed by atoms with van der Waals surface area (Å²) in [6.07, 6.45) is -0.0244. The van der Waals surface area contributed by atoms with Crippen LogP contribution in [0.15, 0.2) is 53.1 Å². The standard InChI is InChI=1S/C22H25N3O4/c1-5-19(28-18-8-6-7-15(2)13-18)22(26)25(3)14-20-23-21(24-29-20)16-9-11-17(27-4)12-10-16/h6-13,19H,5,14H2,1-4H3. The Kier molecular flexibility index (Phi) is 6.49. The molecule has 1 unspecified atom stereocenters. The van der Waals surface area contributed by atoms with Crippen molar-refractivity contribution in [2.75, 3.05) is 14.2 Å². The van der Waals surface area contributed by atoms with Gasteiger partial charge in [-0.15, -0.1) is 0 Å². The second-order valence-corrected chi connectivity index (χ2v) is 6.77. The largest absolute Gasteiger partial charge is 0.497 e. The zero-order valence-corrected chi connectivity index (χ0v) is 17.1. The molecule has 29 heavy (non-hydrogen) atoms. The molecule has 0 saturated heterocycles. The van der Waals surface area contributed by atoms with Gasteiger partial charge in [-0.2, -0.15) is 4.98 Å². The quantitative estimate of drug-likeness (QED) is 0.576. The summed E-state index contributed by atoms with van der Waals surface area (Å²) in [4.78, 5) is 18.7. The van der Waals surface area contributed by atoms with Gasteiger partial charge in [-0.1, -0.05) is 24.2 Å². The number of carbonyl (C=O) groups excluding carboxylic acids is 1. The van der Waals surface area contributed by atoms with E-state index in [4.69, 9.17) is 14.0 Å². The van der Waals surface area contributed by atoms with Gasteiger partial charge in [0.1, 0.15) is 11.5 Å². The Labute approximate surface area is 170 Å². The minimum absolute atomic E-state index is 0.141. The minimum Gasteiger partial charge on any atom is -0.497 e. The Hall–Kier alpha value is -3.35. The molecule has 2 aromatic carbocycles. The van der Waals surface area contributed by atoms with Gasteiger partial charge in [0, 0.05) is 12.6 Å². The van der Waals surface area contributed by atoms with Crippen molar-refractivity contribution >= 4 is 5.91 Å². The monoisotopic (exact) mass is 395 g/mol. The van der Waals surface area contributed by atoms with Crippen LogP contribution in [0.25, 0.3) is 11.4 Å². The Bertz CT molecular complexity index is 953. The van der Waals surface area contributed by atoms with E-state index in [1.165, 1.54) is 4.90 Å². The topological polar surface area (TPSA) is 77.7 Å². The number of aromatic nitrogens is 2. The van der Waals surface area contributed by atoms with Crippen LogP contribution in [0.4, 0.5) is 0 Å². The van der Waals surface area contributed by atoms with E-state index in [1.807, 2.05) is 62.4 Å². The number of rotatable bonds is 8. The van der Waals surface area contributed by atoms with Crippen LogP contribution >= 0.6 is 0 Å². The second-order valence-electron chi connectivity index (χ2n) is 6.77. The van der Waals surface area contributed by atoms with Gasteiger partial charge in [0.25, 0.3) is 5.91 Å². The van der Waals surface area contributed by atoms with Crippen LogP contribution in [0.5, 0.6) is 11.5 Å². The van der Waals surface area contributed by atoms with Gasteiger partial charge >= 0.3 is 0 Å². The molecule has 3 aromatic rings. The average molecular weight is 395 g/mol. The molecule has 1 atom stereocenters. The molecule has 1 heterocycles. The third-order valence-corrected chi connectivity index (χ3v) is 4.48. The highest BCUT2D eigenvalue weighted by atomic mass is 16.5. The lowest BCUT2D eigenvalue weighted by Crippen LogP contribution is -2.39. The lowest BCUT2D eigenvalue weighted by molar-refractivity contribution is -0.138. The van der Waals surface area contributed by atoms with Gasteiger partial charge in [0.2, 0.25) is 11.7 Å². The molecule has 1 amide bonds. The predicted octanol–water partition coefficient (Wildman–Crippen LogP) is 3.87. The highest BCUT2D eigenvalue weighted by molar-refractivity contribution is 5.81. The summed E-state index contributed by atoms with van der Waals surface area (Å²) in [5.74, 6) is 2.11. The predicted molar refractivity (Wildman–Crippen MR) is 109 cm³/mol. The van der Waals surface area contributed by atoms with E-state index in [9.17, 15) is 4.79 Å². The number of nitrogens with zero attached hydrogens (tertiary/aromatic N) is 3. The SMILES string of the molecule is CCC(Oc1cccc(C)c1)C(=O)N(C)Cc1nc(-c2ccc(OC)cc2)no1. The van der Waals surface area contributed by atoms with Crippen molar-refractivity contribution in [3.8, 4) is 22.9 Å². The first-order valence-electron chi connectivity index (χ1n) is 9.45. The Morgan fingerprint density at radius 3 is 2.59 bits per heavy atom. The number of methoxy groups -OCH3 is 1. The third-order valence-electron chi connectivity index (χ3n) is 4.48. The van der Waals surface area contributed by atoms with E-state index < -0.39 is 6.10 Å². The maximum absolute atomic E-state index is 12.8. The zero-order valence-electron chi connectivity index (χ0n) is 17.1. The van der Waals surface area contributed by atoms with Crippen LogP contribution in [0.3, 0.4) is 0 Å². The molecule has 152 valence electrons. The number of amides is 1. The first-order chi connectivity index (χ1) is 14.0. The normalized spacial score (nSPS) is 11.7. The van der Waals surface area contributed by atoms with E-state index in [-0.39, 0.29) is 12.5 Å². The van der Waals surface area contributed by atoms with E-state index in [0.29, 0.717) is 23.9 Å². The molecular weight excluding hydrogens is 370 g/mol. The van der Waals surface area contributed by atoms with Gasteiger partial charge in [0.15, 0.2) is 6.10 Å². The van der Waals surface area contributed by atoms with Crippen molar-refractivity contribution in [2.45, 2.75) is 32.9 Å². The first-order valence-corrected chi connectivity index (χ1v) is 9.45. The van der Waals surface area contributed by atoms with Gasteiger partial charge in [-0.25, -0.2) is 0 Å². The summed E-state index contributed by atoms with van der Waals surface area (Å²) < 4.78 is 16.4. The van der Waals surface area contributed by atoms with Crippen LogP contribution in [0, 0.1) is 6.92 Å². The number of benzene rings is 2. The summed E-state index contributed by atoms with van der Waals surface area (Å²) in [5.41, 5.74) is 1.89. The molecular formula is C22H25N3O4. The average Bonchev–Trinajstić information content (AvgIpc) is 3.20. The van der Waals surface area contributed by atoms with E-state index in [1.54, 1.807) is 14.2 Å². The molecule has 0 saturated carbocycles. The van der Waals surface area contributed by atoms with Crippen LogP contribution in [0.2, 0.25) is 0 Å². The Morgan fingerprint density at radius 2 is 1.93 bits per heavy atom. The fourth-order valence-electron chi connectivity index (χ4n) is 2.86. The van der Waals surface area contributed by atoms with Crippen molar-refractivity contribution in [3.63, 3.8) is 0 Å². The third kappa shape index (κ3) is 5.13. The molecule has 0 radical (unpaired) electrons. The lowest BCUT2D eigenvalue weighted by atomic mass is 10.2. The van der Waals surface area contributed by atoms with Crippen LogP contribution in [0.1, 0.15) is 24.8 Å². The van der Waals surface area contributed by atoms with E-state index in [2.05, 4.69) is 10.1 Å². The lowest BCUT2D eigenvalue weighted by Gasteiger charge is -2.22. The van der Waals surface area contributed by atoms with E-state index in [0.717, 1.165) is 16.9 Å². The van der Waals surface area contributed by atoms with Crippen molar-refractivity contribution in [1.82, 2.24) is 15.0 Å². The molecule has 0 aliphatic rings. The number of ether oxygens (including phenoxy) is 2. The number of hydrogen-bond acceptors (Lipinski definition) is 6. The molecule has 0 aliphatic heterocycles. The second kappa shape index (κ2) is 9.23. The fraction of sp³-hybridized carbons (Fsp3) is 0.318. The summed E-state index contributed by atoms with van der Waals surface area (Å²) in [7, 11) is 3.31. The van der Waals surface area contributed by atoms with Crippen LogP contribution < -0.4 is 9.47 Å². The smallest absolute Gasteiger partial charge is 0.263 e. The van der Waals surface area contributed by atoms with Crippen molar-refractivity contribution in [3.05, 3.63) is 60.0 Å². The summed E-state index contributed by atoms with van der Waals surface area (Å²) in [6.45, 7) is 4.11. The van der Waals surface area contributed by atoms with Gasteiger partial charge < -0.3 is 18.9 Å². The highest BCUT2D eigenvalue weighted by Crippen LogP contribution is 2.21. The maximum atomic E-state index is 12.8.